The molecule has 5 nitrogen and oxygen atoms in total. The highest BCUT2D eigenvalue weighted by Crippen LogP contribution is 2.46. The first kappa shape index (κ1) is 15.0. The minimum atomic E-state index is 0.0577. The van der Waals surface area contributed by atoms with E-state index in [1.165, 1.54) is 18.4 Å². The maximum absolute atomic E-state index is 12.1. The highest BCUT2D eigenvalue weighted by molar-refractivity contribution is 5.97. The number of fused-ring (bicyclic) bond motifs is 1. The topological polar surface area (TPSA) is 44.8 Å². The monoisotopic (exact) mass is 315 g/mol. The predicted octanol–water partition coefficient (Wildman–Crippen LogP) is 1.79. The Labute approximate surface area is 137 Å². The van der Waals surface area contributed by atoms with E-state index in [9.17, 15) is 4.79 Å². The molecule has 23 heavy (non-hydrogen) atoms. The van der Waals surface area contributed by atoms with Gasteiger partial charge in [0, 0.05) is 38.8 Å². The summed E-state index contributed by atoms with van der Waals surface area (Å²) in [6, 6.07) is 6.93. The number of hydrogen-bond donors (Lipinski definition) is 1. The summed E-state index contributed by atoms with van der Waals surface area (Å²) in [5.41, 5.74) is 2.28. The van der Waals surface area contributed by atoms with Crippen molar-refractivity contribution in [2.75, 3.05) is 44.2 Å². The summed E-state index contributed by atoms with van der Waals surface area (Å²) >= 11 is 0. The van der Waals surface area contributed by atoms with E-state index >= 15 is 0 Å². The molecule has 0 radical (unpaired) electrons. The molecule has 2 heterocycles. The molecule has 2 aliphatic heterocycles. The number of ether oxygens (including phenoxy) is 1. The van der Waals surface area contributed by atoms with Crippen molar-refractivity contribution in [1.82, 2.24) is 10.2 Å². The van der Waals surface area contributed by atoms with Crippen LogP contribution in [0.2, 0.25) is 0 Å². The Balaban J connectivity index is 1.67. The Bertz CT molecular complexity index is 594. The van der Waals surface area contributed by atoms with Crippen LogP contribution >= 0.6 is 0 Å². The molecular formula is C18H25N3O2. The van der Waals surface area contributed by atoms with Crippen LogP contribution in [-0.2, 0) is 4.79 Å². The summed E-state index contributed by atoms with van der Waals surface area (Å²) in [6.45, 7) is 7.21. The molecule has 1 saturated carbocycles. The van der Waals surface area contributed by atoms with Crippen LogP contribution in [0.25, 0.3) is 0 Å². The van der Waals surface area contributed by atoms with Crippen LogP contribution < -0.4 is 15.0 Å². The standard InChI is InChI=1S/C18H25N3O2/c1-2-21-15-11-14(5-6-16(15)23-12-17(21)22)18(13-3-4-13)20-9-7-19-8-10-20/h5-6,11,13,18-19H,2-4,7-10,12H2,1H3. The number of carbonyl (C=O) groups excluding carboxylic acids is 1. The lowest BCUT2D eigenvalue weighted by Crippen LogP contribution is -2.45. The fraction of sp³-hybridized carbons (Fsp3) is 0.611. The normalized spacial score (nSPS) is 23.3. The number of carbonyl (C=O) groups is 1. The van der Waals surface area contributed by atoms with Crippen molar-refractivity contribution >= 4 is 11.6 Å². The Morgan fingerprint density at radius 3 is 2.78 bits per heavy atom. The molecule has 1 aromatic carbocycles. The Hall–Kier alpha value is -1.59. The van der Waals surface area contributed by atoms with Crippen molar-refractivity contribution in [2.24, 2.45) is 5.92 Å². The van der Waals surface area contributed by atoms with Crippen molar-refractivity contribution in [3.8, 4) is 5.75 Å². The molecule has 3 aliphatic rings. The Morgan fingerprint density at radius 2 is 2.09 bits per heavy atom. The minimum absolute atomic E-state index is 0.0577. The van der Waals surface area contributed by atoms with E-state index in [0.717, 1.165) is 43.5 Å². The van der Waals surface area contributed by atoms with Crippen molar-refractivity contribution in [3.63, 3.8) is 0 Å². The molecule has 0 bridgehead atoms. The number of piperazine rings is 1. The molecule has 5 heteroatoms. The first-order valence-corrected chi connectivity index (χ1v) is 8.80. The maximum Gasteiger partial charge on any atom is 0.265 e. The van der Waals surface area contributed by atoms with Gasteiger partial charge in [0.25, 0.3) is 5.91 Å². The van der Waals surface area contributed by atoms with Gasteiger partial charge >= 0.3 is 0 Å². The number of amides is 1. The van der Waals surface area contributed by atoms with Crippen LogP contribution in [0.3, 0.4) is 0 Å². The Morgan fingerprint density at radius 1 is 1.30 bits per heavy atom. The lowest BCUT2D eigenvalue weighted by molar-refractivity contribution is -0.121. The van der Waals surface area contributed by atoms with Gasteiger partial charge in [-0.1, -0.05) is 6.07 Å². The van der Waals surface area contributed by atoms with Gasteiger partial charge in [-0.25, -0.2) is 0 Å². The van der Waals surface area contributed by atoms with Gasteiger partial charge in [-0.2, -0.15) is 0 Å². The molecule has 1 N–H and O–H groups in total. The summed E-state index contributed by atoms with van der Waals surface area (Å²) in [4.78, 5) is 16.6. The fourth-order valence-electron chi connectivity index (χ4n) is 3.90. The van der Waals surface area contributed by atoms with Crippen LogP contribution in [0.4, 0.5) is 5.69 Å². The molecule has 1 amide bonds. The smallest absolute Gasteiger partial charge is 0.265 e. The summed E-state index contributed by atoms with van der Waals surface area (Å²) in [5, 5.41) is 3.44. The van der Waals surface area contributed by atoms with E-state index in [2.05, 4.69) is 28.4 Å². The summed E-state index contributed by atoms with van der Waals surface area (Å²) in [5.74, 6) is 1.66. The molecule has 1 atom stereocenters. The van der Waals surface area contributed by atoms with E-state index < -0.39 is 0 Å². The van der Waals surface area contributed by atoms with Crippen LogP contribution in [-0.4, -0.2) is 50.1 Å². The number of rotatable bonds is 4. The second kappa shape index (κ2) is 6.13. The van der Waals surface area contributed by atoms with E-state index in [4.69, 9.17) is 4.74 Å². The molecule has 4 rings (SSSR count). The third kappa shape index (κ3) is 2.83. The molecule has 1 saturated heterocycles. The largest absolute Gasteiger partial charge is 0.482 e. The molecule has 0 spiro atoms. The van der Waals surface area contributed by atoms with Crippen molar-refractivity contribution in [3.05, 3.63) is 23.8 Å². The van der Waals surface area contributed by atoms with Gasteiger partial charge in [0.05, 0.1) is 5.69 Å². The lowest BCUT2D eigenvalue weighted by atomic mass is 9.98. The number of nitrogens with zero attached hydrogens (tertiary/aromatic N) is 2. The molecular weight excluding hydrogens is 290 g/mol. The average Bonchev–Trinajstić information content (AvgIpc) is 3.41. The fourth-order valence-corrected chi connectivity index (χ4v) is 3.90. The first-order chi connectivity index (χ1) is 11.3. The average molecular weight is 315 g/mol. The zero-order chi connectivity index (χ0) is 15.8. The van der Waals surface area contributed by atoms with Crippen molar-refractivity contribution < 1.29 is 9.53 Å². The molecule has 0 aromatic heterocycles. The summed E-state index contributed by atoms with van der Waals surface area (Å²) in [7, 11) is 0. The maximum atomic E-state index is 12.1. The predicted molar refractivity (Wildman–Crippen MR) is 89.9 cm³/mol. The van der Waals surface area contributed by atoms with E-state index in [-0.39, 0.29) is 12.5 Å². The highest BCUT2D eigenvalue weighted by Gasteiger charge is 2.37. The second-order valence-electron chi connectivity index (χ2n) is 6.72. The molecule has 1 aromatic rings. The third-order valence-corrected chi connectivity index (χ3v) is 5.20. The number of benzene rings is 1. The van der Waals surface area contributed by atoms with Crippen LogP contribution in [0, 0.1) is 5.92 Å². The molecule has 1 aliphatic carbocycles. The molecule has 124 valence electrons. The zero-order valence-corrected chi connectivity index (χ0v) is 13.8. The summed E-state index contributed by atoms with van der Waals surface area (Å²) in [6.07, 6.45) is 2.64. The van der Waals surface area contributed by atoms with E-state index in [1.54, 1.807) is 0 Å². The van der Waals surface area contributed by atoms with Gasteiger partial charge < -0.3 is 15.0 Å². The van der Waals surface area contributed by atoms with Crippen LogP contribution in [0.1, 0.15) is 31.4 Å². The minimum Gasteiger partial charge on any atom is -0.482 e. The second-order valence-corrected chi connectivity index (χ2v) is 6.72. The van der Waals surface area contributed by atoms with Gasteiger partial charge in [0.1, 0.15) is 5.75 Å². The molecule has 1 unspecified atom stereocenters. The Kier molecular flexibility index (Phi) is 3.99. The van der Waals surface area contributed by atoms with Crippen LogP contribution in [0.15, 0.2) is 18.2 Å². The number of nitrogens with one attached hydrogen (secondary N) is 1. The first-order valence-electron chi connectivity index (χ1n) is 8.80. The van der Waals surface area contributed by atoms with Gasteiger partial charge in [-0.3, -0.25) is 9.69 Å². The van der Waals surface area contributed by atoms with E-state index in [0.29, 0.717) is 12.6 Å². The van der Waals surface area contributed by atoms with Gasteiger partial charge in [0.15, 0.2) is 6.61 Å². The highest BCUT2D eigenvalue weighted by atomic mass is 16.5. The van der Waals surface area contributed by atoms with Gasteiger partial charge in [-0.15, -0.1) is 0 Å². The SMILES string of the molecule is CCN1C(=O)COc2ccc(C(C3CC3)N3CCNCC3)cc21. The number of hydrogen-bond acceptors (Lipinski definition) is 4. The van der Waals surface area contributed by atoms with Crippen molar-refractivity contribution in [2.45, 2.75) is 25.8 Å². The van der Waals surface area contributed by atoms with E-state index in [1.807, 2.05) is 11.8 Å². The quantitative estimate of drug-likeness (QED) is 0.920. The third-order valence-electron chi connectivity index (χ3n) is 5.20. The molecule has 2 fully saturated rings. The summed E-state index contributed by atoms with van der Waals surface area (Å²) < 4.78 is 5.61. The van der Waals surface area contributed by atoms with Crippen LogP contribution in [0.5, 0.6) is 5.75 Å². The van der Waals surface area contributed by atoms with Crippen molar-refractivity contribution in [1.29, 1.82) is 0 Å². The number of anilines is 1. The lowest BCUT2D eigenvalue weighted by Gasteiger charge is -2.36. The number of likely N-dealkylation sites (N-methyl/N-ethyl adjacent to an activating group) is 1. The van der Waals surface area contributed by atoms with Gasteiger partial charge in [0.2, 0.25) is 0 Å². The zero-order valence-electron chi connectivity index (χ0n) is 13.8. The van der Waals surface area contributed by atoms with Gasteiger partial charge in [-0.05, 0) is 43.4 Å².